The van der Waals surface area contributed by atoms with E-state index in [2.05, 4.69) is 10.0 Å². The zero-order valence-electron chi connectivity index (χ0n) is 14.9. The van der Waals surface area contributed by atoms with E-state index in [0.29, 0.717) is 11.5 Å². The van der Waals surface area contributed by atoms with E-state index in [1.54, 1.807) is 37.4 Å². The molecule has 0 bridgehead atoms. The van der Waals surface area contributed by atoms with E-state index in [1.165, 1.54) is 0 Å². The van der Waals surface area contributed by atoms with Crippen LogP contribution in [0, 0.1) is 6.92 Å². The van der Waals surface area contributed by atoms with Crippen molar-refractivity contribution in [3.05, 3.63) is 53.6 Å². The van der Waals surface area contributed by atoms with Crippen molar-refractivity contribution in [3.63, 3.8) is 0 Å². The van der Waals surface area contributed by atoms with Crippen LogP contribution in [0.4, 0.5) is 5.69 Å². The Morgan fingerprint density at radius 2 is 1.81 bits per heavy atom. The summed E-state index contributed by atoms with van der Waals surface area (Å²) in [7, 11) is -1.93. The standard InChI is InChI=1S/C18H22N2O5S/c1-13-8-9-15(20-26(3,22)23)14(12-13)18(21)19-10-11-25-17-7-5-4-6-16(17)24-2/h4-9,12,20H,10-11H2,1-3H3,(H,19,21). The number of anilines is 1. The topological polar surface area (TPSA) is 93.7 Å². The number of rotatable bonds is 8. The molecule has 2 rings (SSSR count). The average molecular weight is 378 g/mol. The molecule has 0 saturated heterocycles. The van der Waals surface area contributed by atoms with Crippen molar-refractivity contribution in [1.29, 1.82) is 0 Å². The van der Waals surface area contributed by atoms with Crippen molar-refractivity contribution in [2.24, 2.45) is 0 Å². The first-order chi connectivity index (χ1) is 12.3. The highest BCUT2D eigenvalue weighted by Crippen LogP contribution is 2.25. The van der Waals surface area contributed by atoms with E-state index in [0.717, 1.165) is 11.8 Å². The summed E-state index contributed by atoms with van der Waals surface area (Å²) in [6.07, 6.45) is 1.04. The molecule has 0 aliphatic carbocycles. The summed E-state index contributed by atoms with van der Waals surface area (Å²) >= 11 is 0. The SMILES string of the molecule is COc1ccccc1OCCNC(=O)c1cc(C)ccc1NS(C)(=O)=O. The van der Waals surface area contributed by atoms with Crippen molar-refractivity contribution >= 4 is 21.6 Å². The number of nitrogens with one attached hydrogen (secondary N) is 2. The minimum absolute atomic E-state index is 0.237. The largest absolute Gasteiger partial charge is 0.493 e. The van der Waals surface area contributed by atoms with Crippen molar-refractivity contribution in [3.8, 4) is 11.5 Å². The van der Waals surface area contributed by atoms with E-state index in [4.69, 9.17) is 9.47 Å². The Balaban J connectivity index is 1.98. The molecule has 2 N–H and O–H groups in total. The number of ether oxygens (including phenoxy) is 2. The van der Waals surface area contributed by atoms with Crippen LogP contribution in [0.25, 0.3) is 0 Å². The van der Waals surface area contributed by atoms with Crippen LogP contribution in [0.1, 0.15) is 15.9 Å². The molecule has 7 nitrogen and oxygen atoms in total. The molecule has 0 saturated carbocycles. The predicted molar refractivity (Wildman–Crippen MR) is 100 cm³/mol. The summed E-state index contributed by atoms with van der Waals surface area (Å²) in [4.78, 5) is 12.4. The van der Waals surface area contributed by atoms with E-state index in [9.17, 15) is 13.2 Å². The van der Waals surface area contributed by atoms with Gasteiger partial charge in [-0.3, -0.25) is 9.52 Å². The lowest BCUT2D eigenvalue weighted by molar-refractivity contribution is 0.0947. The van der Waals surface area contributed by atoms with Crippen LogP contribution in [-0.4, -0.2) is 40.8 Å². The number of aryl methyl sites for hydroxylation is 1. The predicted octanol–water partition coefficient (Wildman–Crippen LogP) is 2.18. The second kappa shape index (κ2) is 8.57. The van der Waals surface area contributed by atoms with E-state index >= 15 is 0 Å². The monoisotopic (exact) mass is 378 g/mol. The molecule has 140 valence electrons. The first-order valence-corrected chi connectivity index (χ1v) is 9.82. The Hall–Kier alpha value is -2.74. The number of para-hydroxylation sites is 2. The number of methoxy groups -OCH3 is 1. The van der Waals surface area contributed by atoms with Gasteiger partial charge < -0.3 is 14.8 Å². The molecule has 2 aromatic carbocycles. The van der Waals surface area contributed by atoms with Crippen molar-refractivity contribution < 1.29 is 22.7 Å². The van der Waals surface area contributed by atoms with Crippen LogP contribution in [0.2, 0.25) is 0 Å². The van der Waals surface area contributed by atoms with Gasteiger partial charge in [-0.15, -0.1) is 0 Å². The van der Waals surface area contributed by atoms with Gasteiger partial charge in [-0.25, -0.2) is 8.42 Å². The molecule has 0 atom stereocenters. The maximum Gasteiger partial charge on any atom is 0.253 e. The number of benzene rings is 2. The molecule has 0 spiro atoms. The normalized spacial score (nSPS) is 10.9. The maximum atomic E-state index is 12.4. The van der Waals surface area contributed by atoms with Gasteiger partial charge in [-0.05, 0) is 31.2 Å². The fourth-order valence-corrected chi connectivity index (χ4v) is 2.87. The number of carbonyl (C=O) groups excluding carboxylic acids is 1. The number of hydrogen-bond donors (Lipinski definition) is 2. The summed E-state index contributed by atoms with van der Waals surface area (Å²) in [5.74, 6) is 0.805. The molecule has 26 heavy (non-hydrogen) atoms. The third-order valence-corrected chi connectivity index (χ3v) is 4.02. The van der Waals surface area contributed by atoms with Gasteiger partial charge >= 0.3 is 0 Å². The molecule has 0 aromatic heterocycles. The minimum atomic E-state index is -3.48. The number of sulfonamides is 1. The Morgan fingerprint density at radius 1 is 1.12 bits per heavy atom. The molecule has 0 fully saturated rings. The molecule has 8 heteroatoms. The second-order valence-electron chi connectivity index (χ2n) is 5.68. The van der Waals surface area contributed by atoms with Gasteiger partial charge in [0.25, 0.3) is 5.91 Å². The third-order valence-electron chi connectivity index (χ3n) is 3.43. The molecule has 1 amide bonds. The quantitative estimate of drug-likeness (QED) is 0.687. The van der Waals surface area contributed by atoms with E-state index in [1.807, 2.05) is 19.1 Å². The molecule has 0 radical (unpaired) electrons. The second-order valence-corrected chi connectivity index (χ2v) is 7.43. The summed E-state index contributed by atoms with van der Waals surface area (Å²) in [5.41, 5.74) is 1.34. The number of hydrogen-bond acceptors (Lipinski definition) is 5. The van der Waals surface area contributed by atoms with Gasteiger partial charge in [-0.1, -0.05) is 23.8 Å². The summed E-state index contributed by atoms with van der Waals surface area (Å²) in [6.45, 7) is 2.32. The minimum Gasteiger partial charge on any atom is -0.493 e. The summed E-state index contributed by atoms with van der Waals surface area (Å²) in [6, 6.07) is 12.1. The molecule has 0 unspecified atom stereocenters. The molecule has 2 aromatic rings. The lowest BCUT2D eigenvalue weighted by Gasteiger charge is -2.13. The fraction of sp³-hybridized carbons (Fsp3) is 0.278. The van der Waals surface area contributed by atoms with Crippen molar-refractivity contribution in [2.45, 2.75) is 6.92 Å². The summed E-state index contributed by atoms with van der Waals surface area (Å²) in [5, 5.41) is 2.72. The highest BCUT2D eigenvalue weighted by molar-refractivity contribution is 7.92. The van der Waals surface area contributed by atoms with Crippen LogP contribution in [0.5, 0.6) is 11.5 Å². The van der Waals surface area contributed by atoms with Gasteiger partial charge in [0.05, 0.1) is 31.2 Å². The van der Waals surface area contributed by atoms with Crippen LogP contribution in [0.15, 0.2) is 42.5 Å². The van der Waals surface area contributed by atoms with Crippen molar-refractivity contribution in [1.82, 2.24) is 5.32 Å². The van der Waals surface area contributed by atoms with Crippen LogP contribution in [-0.2, 0) is 10.0 Å². The lowest BCUT2D eigenvalue weighted by atomic mass is 10.1. The first kappa shape index (κ1) is 19.6. The first-order valence-electron chi connectivity index (χ1n) is 7.92. The Labute approximate surface area is 153 Å². The molecule has 0 aliphatic rings. The molecule has 0 aliphatic heterocycles. The Kier molecular flexibility index (Phi) is 6.46. The molecular weight excluding hydrogens is 356 g/mol. The van der Waals surface area contributed by atoms with E-state index < -0.39 is 10.0 Å². The van der Waals surface area contributed by atoms with Crippen LogP contribution >= 0.6 is 0 Å². The van der Waals surface area contributed by atoms with Gasteiger partial charge in [0.1, 0.15) is 6.61 Å². The molecule has 0 heterocycles. The fourth-order valence-electron chi connectivity index (χ4n) is 2.29. The van der Waals surface area contributed by atoms with Gasteiger partial charge in [0.15, 0.2) is 11.5 Å². The zero-order valence-corrected chi connectivity index (χ0v) is 15.7. The van der Waals surface area contributed by atoms with Crippen molar-refractivity contribution in [2.75, 3.05) is 31.2 Å². The van der Waals surface area contributed by atoms with Gasteiger partial charge in [0.2, 0.25) is 10.0 Å². The number of amides is 1. The van der Waals surface area contributed by atoms with Gasteiger partial charge in [-0.2, -0.15) is 0 Å². The Bertz CT molecular complexity index is 881. The molecular formula is C18H22N2O5S. The highest BCUT2D eigenvalue weighted by Gasteiger charge is 2.14. The average Bonchev–Trinajstić information content (AvgIpc) is 2.59. The maximum absolute atomic E-state index is 12.4. The summed E-state index contributed by atoms with van der Waals surface area (Å²) < 4.78 is 36.1. The zero-order chi connectivity index (χ0) is 19.2. The highest BCUT2D eigenvalue weighted by atomic mass is 32.2. The van der Waals surface area contributed by atoms with Crippen LogP contribution in [0.3, 0.4) is 0 Å². The van der Waals surface area contributed by atoms with Gasteiger partial charge in [0, 0.05) is 0 Å². The lowest BCUT2D eigenvalue weighted by Crippen LogP contribution is -2.29. The Morgan fingerprint density at radius 3 is 2.46 bits per heavy atom. The smallest absolute Gasteiger partial charge is 0.253 e. The number of carbonyl (C=O) groups is 1. The third kappa shape index (κ3) is 5.66. The van der Waals surface area contributed by atoms with Crippen LogP contribution < -0.4 is 19.5 Å². The van der Waals surface area contributed by atoms with E-state index in [-0.39, 0.29) is 30.3 Å².